The highest BCUT2D eigenvalue weighted by molar-refractivity contribution is 5.57. The van der Waals surface area contributed by atoms with Gasteiger partial charge in [0, 0.05) is 12.6 Å². The first kappa shape index (κ1) is 15.5. The molecule has 2 rings (SSSR count). The van der Waals surface area contributed by atoms with Crippen LogP contribution in [-0.4, -0.2) is 27.5 Å². The molecule has 0 spiro atoms. The van der Waals surface area contributed by atoms with Crippen LogP contribution >= 0.6 is 0 Å². The van der Waals surface area contributed by atoms with Crippen LogP contribution in [0, 0.1) is 15.5 Å². The average molecular weight is 293 g/mol. The molecule has 7 nitrogen and oxygen atoms in total. The van der Waals surface area contributed by atoms with E-state index >= 15 is 0 Å². The summed E-state index contributed by atoms with van der Waals surface area (Å²) in [5.74, 6) is 0.745. The molecule has 1 heterocycles. The number of nitro groups is 1. The van der Waals surface area contributed by atoms with E-state index in [4.69, 9.17) is 0 Å². The lowest BCUT2D eigenvalue weighted by atomic mass is 9.87. The van der Waals surface area contributed by atoms with Gasteiger partial charge in [0.05, 0.1) is 4.92 Å². The summed E-state index contributed by atoms with van der Waals surface area (Å²) in [5, 5.41) is 17.5. The fourth-order valence-electron chi connectivity index (χ4n) is 2.70. The van der Waals surface area contributed by atoms with Crippen molar-refractivity contribution in [3.63, 3.8) is 0 Å². The Hall–Kier alpha value is -1.92. The summed E-state index contributed by atoms with van der Waals surface area (Å²) < 4.78 is 0. The van der Waals surface area contributed by atoms with E-state index in [1.807, 2.05) is 6.92 Å². The van der Waals surface area contributed by atoms with Gasteiger partial charge in [-0.2, -0.15) is 4.98 Å². The maximum atomic E-state index is 11.1. The van der Waals surface area contributed by atoms with Crippen LogP contribution < -0.4 is 10.6 Å². The minimum absolute atomic E-state index is 0.0697. The fourth-order valence-corrected chi connectivity index (χ4v) is 2.70. The molecule has 0 aromatic carbocycles. The monoisotopic (exact) mass is 293 g/mol. The molecule has 21 heavy (non-hydrogen) atoms. The van der Waals surface area contributed by atoms with Crippen LogP contribution in [0.25, 0.3) is 0 Å². The number of hydrogen-bond acceptors (Lipinski definition) is 6. The van der Waals surface area contributed by atoms with Crippen molar-refractivity contribution in [3.8, 4) is 0 Å². The molecule has 7 heteroatoms. The van der Waals surface area contributed by atoms with Crippen LogP contribution in [0.15, 0.2) is 6.20 Å². The van der Waals surface area contributed by atoms with E-state index in [0.717, 1.165) is 32.2 Å². The molecule has 0 amide bonds. The maximum Gasteiger partial charge on any atom is 0.329 e. The summed E-state index contributed by atoms with van der Waals surface area (Å²) in [7, 11) is 0. The largest absolute Gasteiger partial charge is 0.361 e. The van der Waals surface area contributed by atoms with Gasteiger partial charge in [-0.05, 0) is 24.7 Å². The first-order valence-corrected chi connectivity index (χ1v) is 7.46. The van der Waals surface area contributed by atoms with E-state index in [9.17, 15) is 10.1 Å². The molecular weight excluding hydrogens is 270 g/mol. The number of rotatable bonds is 6. The number of aromatic nitrogens is 2. The van der Waals surface area contributed by atoms with Crippen molar-refractivity contribution >= 4 is 17.5 Å². The minimum Gasteiger partial charge on any atom is -0.361 e. The highest BCUT2D eigenvalue weighted by Gasteiger charge is 2.36. The van der Waals surface area contributed by atoms with Crippen LogP contribution in [0.2, 0.25) is 0 Å². The highest BCUT2D eigenvalue weighted by atomic mass is 16.6. The third kappa shape index (κ3) is 3.59. The molecule has 0 saturated heterocycles. The lowest BCUT2D eigenvalue weighted by molar-refractivity contribution is -0.384. The van der Waals surface area contributed by atoms with E-state index in [-0.39, 0.29) is 17.1 Å². The van der Waals surface area contributed by atoms with Crippen LogP contribution in [0.3, 0.4) is 0 Å². The van der Waals surface area contributed by atoms with E-state index in [0.29, 0.717) is 11.8 Å². The standard InChI is InChI=1S/C14H23N5O2/c1-4-8-15-13-16-9-10(19(20)21)12(18-13)17-11-6-5-7-14(11,2)3/h9,11H,4-8H2,1-3H3,(H2,15,16,17,18). The van der Waals surface area contributed by atoms with Gasteiger partial charge >= 0.3 is 5.69 Å². The first-order valence-electron chi connectivity index (χ1n) is 7.46. The Bertz CT molecular complexity index is 518. The van der Waals surface area contributed by atoms with Crippen molar-refractivity contribution in [1.29, 1.82) is 0 Å². The Morgan fingerprint density at radius 1 is 1.52 bits per heavy atom. The summed E-state index contributed by atoms with van der Waals surface area (Å²) in [6, 6.07) is 0.199. The Morgan fingerprint density at radius 2 is 2.29 bits per heavy atom. The molecule has 1 fully saturated rings. The number of nitrogens with one attached hydrogen (secondary N) is 2. The second kappa shape index (κ2) is 6.24. The molecule has 2 N–H and O–H groups in total. The third-order valence-electron chi connectivity index (χ3n) is 4.07. The van der Waals surface area contributed by atoms with Gasteiger partial charge in [-0.25, -0.2) is 4.98 Å². The summed E-state index contributed by atoms with van der Waals surface area (Å²) >= 11 is 0. The van der Waals surface area contributed by atoms with Gasteiger partial charge < -0.3 is 10.6 Å². The lowest BCUT2D eigenvalue weighted by Crippen LogP contribution is -2.31. The Kier molecular flexibility index (Phi) is 4.59. The molecule has 1 unspecified atom stereocenters. The van der Waals surface area contributed by atoms with Crippen LogP contribution in [-0.2, 0) is 0 Å². The normalized spacial score (nSPS) is 20.2. The molecule has 0 aliphatic heterocycles. The molecule has 1 aliphatic carbocycles. The van der Waals surface area contributed by atoms with Crippen molar-refractivity contribution in [3.05, 3.63) is 16.3 Å². The smallest absolute Gasteiger partial charge is 0.329 e. The Morgan fingerprint density at radius 3 is 2.86 bits per heavy atom. The number of anilines is 2. The number of hydrogen-bond donors (Lipinski definition) is 2. The summed E-state index contributed by atoms with van der Waals surface area (Å²) in [6.45, 7) is 7.15. The van der Waals surface area contributed by atoms with Gasteiger partial charge in [-0.3, -0.25) is 10.1 Å². The van der Waals surface area contributed by atoms with E-state index in [1.54, 1.807) is 0 Å². The van der Waals surface area contributed by atoms with Crippen molar-refractivity contribution < 1.29 is 4.92 Å². The molecular formula is C14H23N5O2. The molecule has 1 aliphatic rings. The van der Waals surface area contributed by atoms with E-state index in [2.05, 4.69) is 34.4 Å². The van der Waals surface area contributed by atoms with Gasteiger partial charge in [0.2, 0.25) is 11.8 Å². The van der Waals surface area contributed by atoms with Gasteiger partial charge in [0.25, 0.3) is 0 Å². The SMILES string of the molecule is CCCNc1ncc([N+](=O)[O-])c(NC2CCCC2(C)C)n1. The molecule has 1 aromatic rings. The summed E-state index contributed by atoms with van der Waals surface area (Å²) in [6.07, 6.45) is 5.47. The van der Waals surface area contributed by atoms with E-state index in [1.165, 1.54) is 6.20 Å². The van der Waals surface area contributed by atoms with Crippen molar-refractivity contribution in [2.24, 2.45) is 5.41 Å². The van der Waals surface area contributed by atoms with Gasteiger partial charge in [0.1, 0.15) is 6.20 Å². The fraction of sp³-hybridized carbons (Fsp3) is 0.714. The second-order valence-corrected chi connectivity index (χ2v) is 6.19. The molecule has 0 radical (unpaired) electrons. The van der Waals surface area contributed by atoms with Gasteiger partial charge in [0.15, 0.2) is 0 Å². The quantitative estimate of drug-likeness (QED) is 0.618. The van der Waals surface area contributed by atoms with Crippen LogP contribution in [0.5, 0.6) is 0 Å². The average Bonchev–Trinajstić information content (AvgIpc) is 2.75. The predicted octanol–water partition coefficient (Wildman–Crippen LogP) is 3.20. The van der Waals surface area contributed by atoms with Gasteiger partial charge in [-0.1, -0.05) is 27.2 Å². The minimum atomic E-state index is -0.437. The Balaban J connectivity index is 2.24. The van der Waals surface area contributed by atoms with Gasteiger partial charge in [-0.15, -0.1) is 0 Å². The molecule has 0 bridgehead atoms. The maximum absolute atomic E-state index is 11.1. The lowest BCUT2D eigenvalue weighted by Gasteiger charge is -2.28. The molecule has 1 atom stereocenters. The summed E-state index contributed by atoms with van der Waals surface area (Å²) in [4.78, 5) is 19.0. The van der Waals surface area contributed by atoms with Crippen LogP contribution in [0.4, 0.5) is 17.5 Å². The predicted molar refractivity (Wildman–Crippen MR) is 82.5 cm³/mol. The second-order valence-electron chi connectivity index (χ2n) is 6.19. The zero-order valence-corrected chi connectivity index (χ0v) is 12.8. The Labute approximate surface area is 124 Å². The number of nitrogens with zero attached hydrogens (tertiary/aromatic N) is 3. The zero-order valence-electron chi connectivity index (χ0n) is 12.8. The van der Waals surface area contributed by atoms with Crippen LogP contribution in [0.1, 0.15) is 46.5 Å². The molecule has 1 saturated carbocycles. The summed E-state index contributed by atoms with van der Waals surface area (Å²) in [5.41, 5.74) is 0.0512. The highest BCUT2D eigenvalue weighted by Crippen LogP contribution is 2.39. The van der Waals surface area contributed by atoms with Crippen molar-refractivity contribution in [1.82, 2.24) is 9.97 Å². The zero-order chi connectivity index (χ0) is 15.5. The van der Waals surface area contributed by atoms with Crippen molar-refractivity contribution in [2.75, 3.05) is 17.2 Å². The molecule has 1 aromatic heterocycles. The molecule has 116 valence electrons. The first-order chi connectivity index (χ1) is 9.94. The third-order valence-corrected chi connectivity index (χ3v) is 4.07. The van der Waals surface area contributed by atoms with Crippen molar-refractivity contribution in [2.45, 2.75) is 52.5 Å². The topological polar surface area (TPSA) is 93.0 Å². The van der Waals surface area contributed by atoms with E-state index < -0.39 is 4.92 Å².